The highest BCUT2D eigenvalue weighted by Gasteiger charge is 2.21. The fourth-order valence-electron chi connectivity index (χ4n) is 3.80. The van der Waals surface area contributed by atoms with Gasteiger partial charge in [0.05, 0.1) is 6.04 Å². The van der Waals surface area contributed by atoms with Gasteiger partial charge in [-0.05, 0) is 56.7 Å². The van der Waals surface area contributed by atoms with Crippen LogP contribution in [0, 0.1) is 11.8 Å². The zero-order chi connectivity index (χ0) is 20.0. The fourth-order valence-corrected chi connectivity index (χ4v) is 6.25. The second-order valence-corrected chi connectivity index (χ2v) is 11.0. The van der Waals surface area contributed by atoms with Crippen LogP contribution in [0.25, 0.3) is 0 Å². The summed E-state index contributed by atoms with van der Waals surface area (Å²) in [4.78, 5) is 14.5. The highest BCUT2D eigenvalue weighted by molar-refractivity contribution is 7.91. The van der Waals surface area contributed by atoms with E-state index in [0.717, 1.165) is 49.2 Å². The topological polar surface area (TPSA) is 78.5 Å². The number of nitrogens with zero attached hydrogens (tertiary/aromatic N) is 1. The summed E-state index contributed by atoms with van der Waals surface area (Å²) in [5.74, 6) is 1.37. The minimum absolute atomic E-state index is 0.129. The fraction of sp³-hybridized carbons (Fsp3) is 0.737. The van der Waals surface area contributed by atoms with Gasteiger partial charge in [0.2, 0.25) is 15.9 Å². The highest BCUT2D eigenvalue weighted by atomic mass is 32.2. The first-order valence-corrected chi connectivity index (χ1v) is 12.1. The van der Waals surface area contributed by atoms with Crippen LogP contribution in [0.1, 0.15) is 57.9 Å². The molecular weight excluding hydrogens is 382 g/mol. The van der Waals surface area contributed by atoms with Crippen LogP contribution < -0.4 is 10.0 Å². The average Bonchev–Trinajstić information content (AvgIpc) is 3.04. The molecule has 0 bridgehead atoms. The van der Waals surface area contributed by atoms with Gasteiger partial charge in [0, 0.05) is 31.4 Å². The molecule has 1 aliphatic rings. The molecule has 0 aromatic carbocycles. The number of sulfonamides is 1. The summed E-state index contributed by atoms with van der Waals surface area (Å²) >= 11 is 1.20. The maximum atomic E-state index is 12.4. The van der Waals surface area contributed by atoms with Crippen LogP contribution in [-0.2, 0) is 14.8 Å². The molecule has 3 atom stereocenters. The maximum absolute atomic E-state index is 12.4. The molecule has 1 aromatic rings. The molecule has 27 heavy (non-hydrogen) atoms. The lowest BCUT2D eigenvalue weighted by atomic mass is 9.92. The summed E-state index contributed by atoms with van der Waals surface area (Å²) in [6.07, 6.45) is 3.13. The molecule has 2 heterocycles. The molecule has 8 heteroatoms. The molecule has 3 unspecified atom stereocenters. The van der Waals surface area contributed by atoms with Gasteiger partial charge in [0.1, 0.15) is 4.21 Å². The van der Waals surface area contributed by atoms with E-state index in [1.807, 2.05) is 6.92 Å². The highest BCUT2D eigenvalue weighted by Crippen LogP contribution is 2.26. The van der Waals surface area contributed by atoms with E-state index >= 15 is 0 Å². The van der Waals surface area contributed by atoms with Crippen molar-refractivity contribution < 1.29 is 13.2 Å². The van der Waals surface area contributed by atoms with Crippen molar-refractivity contribution in [2.75, 3.05) is 26.2 Å². The monoisotopic (exact) mass is 415 g/mol. The van der Waals surface area contributed by atoms with Gasteiger partial charge in [-0.1, -0.05) is 13.8 Å². The number of rotatable bonds is 9. The van der Waals surface area contributed by atoms with Crippen LogP contribution in [0.4, 0.5) is 0 Å². The van der Waals surface area contributed by atoms with Crippen molar-refractivity contribution in [3.8, 4) is 0 Å². The molecule has 0 aliphatic carbocycles. The number of likely N-dealkylation sites (tertiary alicyclic amines) is 1. The first-order valence-electron chi connectivity index (χ1n) is 9.76. The molecule has 6 nitrogen and oxygen atoms in total. The van der Waals surface area contributed by atoms with E-state index in [1.165, 1.54) is 24.7 Å². The van der Waals surface area contributed by atoms with E-state index in [2.05, 4.69) is 28.8 Å². The van der Waals surface area contributed by atoms with Crippen molar-refractivity contribution in [3.05, 3.63) is 17.0 Å². The van der Waals surface area contributed by atoms with Crippen molar-refractivity contribution in [2.24, 2.45) is 11.8 Å². The number of unbranched alkanes of at least 4 members (excludes halogenated alkanes) is 1. The average molecular weight is 416 g/mol. The minimum atomic E-state index is -3.48. The number of carbonyl (C=O) groups excluding carboxylic acids is 1. The second-order valence-electron chi connectivity index (χ2n) is 7.89. The van der Waals surface area contributed by atoms with Crippen molar-refractivity contribution in [2.45, 2.75) is 57.2 Å². The lowest BCUT2D eigenvalue weighted by Crippen LogP contribution is -2.39. The molecule has 1 fully saturated rings. The molecule has 154 valence electrons. The van der Waals surface area contributed by atoms with Gasteiger partial charge in [-0.15, -0.1) is 11.3 Å². The lowest BCUT2D eigenvalue weighted by Gasteiger charge is -2.34. The number of piperidine rings is 1. The standard InChI is InChI=1S/C19H33N3O3S2/c1-14-11-15(2)13-22(12-14)10-6-5-9-20-27(24,25)19-8-7-18(26-19)16(3)21-17(4)23/h7-8,14-16,20H,5-6,9-13H2,1-4H3,(H,21,23). The Bertz CT molecular complexity index is 708. The predicted molar refractivity (Wildman–Crippen MR) is 110 cm³/mol. The first-order chi connectivity index (χ1) is 12.7. The molecule has 0 saturated carbocycles. The van der Waals surface area contributed by atoms with Crippen LogP contribution in [0.5, 0.6) is 0 Å². The third-order valence-electron chi connectivity index (χ3n) is 4.85. The Hall–Kier alpha value is -0.960. The van der Waals surface area contributed by atoms with Crippen LogP contribution >= 0.6 is 11.3 Å². The molecule has 1 aromatic heterocycles. The summed E-state index contributed by atoms with van der Waals surface area (Å²) < 4.78 is 27.9. The molecule has 1 aliphatic heterocycles. The zero-order valence-electron chi connectivity index (χ0n) is 16.8. The van der Waals surface area contributed by atoms with Gasteiger partial charge >= 0.3 is 0 Å². The Morgan fingerprint density at radius 1 is 1.26 bits per heavy atom. The van der Waals surface area contributed by atoms with Gasteiger partial charge < -0.3 is 10.2 Å². The van der Waals surface area contributed by atoms with E-state index < -0.39 is 10.0 Å². The van der Waals surface area contributed by atoms with Crippen LogP contribution in [0.3, 0.4) is 0 Å². The van der Waals surface area contributed by atoms with Gasteiger partial charge in [0.15, 0.2) is 0 Å². The molecule has 0 spiro atoms. The minimum Gasteiger partial charge on any atom is -0.349 e. The summed E-state index contributed by atoms with van der Waals surface area (Å²) in [5, 5.41) is 2.77. The third-order valence-corrected chi connectivity index (χ3v) is 8.07. The first kappa shape index (κ1) is 22.3. The molecule has 2 N–H and O–H groups in total. The summed E-state index contributed by atoms with van der Waals surface area (Å²) in [7, 11) is -3.48. The Balaban J connectivity index is 1.75. The van der Waals surface area contributed by atoms with Gasteiger partial charge in [0.25, 0.3) is 0 Å². The van der Waals surface area contributed by atoms with E-state index in [4.69, 9.17) is 0 Å². The Kier molecular flexibility index (Phi) is 8.27. The third kappa shape index (κ3) is 7.18. The normalized spacial score (nSPS) is 22.5. The second kappa shape index (κ2) is 10.0. The predicted octanol–water partition coefficient (Wildman–Crippen LogP) is 2.98. The summed E-state index contributed by atoms with van der Waals surface area (Å²) in [6.45, 7) is 11.7. The van der Waals surface area contributed by atoms with Gasteiger partial charge in [-0.25, -0.2) is 13.1 Å². The zero-order valence-corrected chi connectivity index (χ0v) is 18.5. The van der Waals surface area contributed by atoms with Crippen molar-refractivity contribution in [3.63, 3.8) is 0 Å². The smallest absolute Gasteiger partial charge is 0.250 e. The number of hydrogen-bond acceptors (Lipinski definition) is 5. The molecule has 1 saturated heterocycles. The summed E-state index contributed by atoms with van der Waals surface area (Å²) in [6, 6.07) is 3.18. The molecular formula is C19H33N3O3S2. The van der Waals surface area contributed by atoms with Crippen LogP contribution in [0.15, 0.2) is 16.3 Å². The number of nitrogens with one attached hydrogen (secondary N) is 2. The van der Waals surface area contributed by atoms with Crippen molar-refractivity contribution in [1.29, 1.82) is 0 Å². The van der Waals surface area contributed by atoms with Crippen molar-refractivity contribution in [1.82, 2.24) is 14.9 Å². The van der Waals surface area contributed by atoms with E-state index in [9.17, 15) is 13.2 Å². The largest absolute Gasteiger partial charge is 0.349 e. The SMILES string of the molecule is CC(=O)NC(C)c1ccc(S(=O)(=O)NCCCCN2CC(C)CC(C)C2)s1. The van der Waals surface area contributed by atoms with Crippen molar-refractivity contribution >= 4 is 27.3 Å². The van der Waals surface area contributed by atoms with Gasteiger partial charge in [-0.3, -0.25) is 4.79 Å². The number of thiophene rings is 1. The molecule has 1 amide bonds. The Morgan fingerprint density at radius 2 is 1.93 bits per heavy atom. The number of amides is 1. The van der Waals surface area contributed by atoms with Gasteiger partial charge in [-0.2, -0.15) is 0 Å². The maximum Gasteiger partial charge on any atom is 0.250 e. The quantitative estimate of drug-likeness (QED) is 0.608. The van der Waals surface area contributed by atoms with E-state index in [1.54, 1.807) is 12.1 Å². The Labute approximate surface area is 167 Å². The molecule has 2 rings (SSSR count). The van der Waals surface area contributed by atoms with E-state index in [-0.39, 0.29) is 11.9 Å². The van der Waals surface area contributed by atoms with E-state index in [0.29, 0.717) is 10.8 Å². The Morgan fingerprint density at radius 3 is 2.56 bits per heavy atom. The van der Waals surface area contributed by atoms with Crippen LogP contribution in [0.2, 0.25) is 0 Å². The summed E-state index contributed by atoms with van der Waals surface area (Å²) in [5.41, 5.74) is 0. The lowest BCUT2D eigenvalue weighted by molar-refractivity contribution is -0.119. The number of carbonyl (C=O) groups is 1. The molecule has 0 radical (unpaired) electrons. The number of hydrogen-bond donors (Lipinski definition) is 2. The van der Waals surface area contributed by atoms with Crippen LogP contribution in [-0.4, -0.2) is 45.4 Å².